The number of hydrogen-bond donors (Lipinski definition) is 2. The summed E-state index contributed by atoms with van der Waals surface area (Å²) in [6.07, 6.45) is 3.06. The molecule has 3 aliphatic rings. The van der Waals surface area contributed by atoms with E-state index in [1.54, 1.807) is 12.1 Å². The van der Waals surface area contributed by atoms with Crippen molar-refractivity contribution in [1.82, 2.24) is 0 Å². The molecule has 0 unspecified atom stereocenters. The van der Waals surface area contributed by atoms with Gasteiger partial charge in [0.25, 0.3) is 5.09 Å². The molecule has 6 heteroatoms. The van der Waals surface area contributed by atoms with E-state index in [9.17, 15) is 20.3 Å². The van der Waals surface area contributed by atoms with Crippen molar-refractivity contribution >= 4 is 0 Å². The van der Waals surface area contributed by atoms with Crippen molar-refractivity contribution in [3.63, 3.8) is 0 Å². The zero-order valence-electron chi connectivity index (χ0n) is 13.7. The van der Waals surface area contributed by atoms with Crippen molar-refractivity contribution in [2.75, 3.05) is 0 Å². The van der Waals surface area contributed by atoms with E-state index in [2.05, 4.69) is 6.92 Å². The first-order valence-electron chi connectivity index (χ1n) is 8.71. The van der Waals surface area contributed by atoms with Gasteiger partial charge in [-0.1, -0.05) is 13.0 Å². The molecule has 0 spiro atoms. The number of aliphatic hydroxyl groups is 1. The van der Waals surface area contributed by atoms with Gasteiger partial charge in [-0.05, 0) is 72.6 Å². The van der Waals surface area contributed by atoms with Gasteiger partial charge in [-0.2, -0.15) is 0 Å². The summed E-state index contributed by atoms with van der Waals surface area (Å²) in [5.74, 6) is 0.841. The van der Waals surface area contributed by atoms with Crippen LogP contribution in [0.4, 0.5) is 0 Å². The fourth-order valence-corrected chi connectivity index (χ4v) is 5.80. The number of benzene rings is 1. The Labute approximate surface area is 140 Å². The Kier molecular flexibility index (Phi) is 3.49. The van der Waals surface area contributed by atoms with E-state index >= 15 is 0 Å². The molecule has 0 bridgehead atoms. The molecular weight excluding hydrogens is 310 g/mol. The number of phenols is 1. The zero-order valence-corrected chi connectivity index (χ0v) is 13.7. The van der Waals surface area contributed by atoms with Gasteiger partial charge >= 0.3 is 0 Å². The van der Waals surface area contributed by atoms with E-state index in [0.29, 0.717) is 12.3 Å². The highest BCUT2D eigenvalue weighted by molar-refractivity contribution is 5.41. The standard InChI is InChI=1S/C18H23NO5/c1-18-9-15(24-19(22)23)17-12-5-3-11(20)8-10(12)2-4-13(17)14(18)6-7-16(18)21/h3,5,8,13-17,20-21H,2,4,6-7,9H2,1H3/t13-,14-,15-,16-,17+,18-/m0/s1. The molecule has 6 atom stereocenters. The largest absolute Gasteiger partial charge is 0.508 e. The molecule has 6 nitrogen and oxygen atoms in total. The molecule has 130 valence electrons. The highest BCUT2D eigenvalue weighted by Crippen LogP contribution is 2.61. The van der Waals surface area contributed by atoms with E-state index < -0.39 is 17.3 Å². The van der Waals surface area contributed by atoms with Crippen molar-refractivity contribution in [2.24, 2.45) is 17.3 Å². The summed E-state index contributed by atoms with van der Waals surface area (Å²) in [7, 11) is 0. The van der Waals surface area contributed by atoms with Gasteiger partial charge < -0.3 is 15.1 Å². The molecule has 1 aromatic rings. The normalized spacial score (nSPS) is 40.3. The fourth-order valence-electron chi connectivity index (χ4n) is 5.80. The van der Waals surface area contributed by atoms with Crippen molar-refractivity contribution in [3.8, 4) is 5.75 Å². The summed E-state index contributed by atoms with van der Waals surface area (Å²) in [6.45, 7) is 2.06. The first-order chi connectivity index (χ1) is 11.4. The Morgan fingerprint density at radius 3 is 2.88 bits per heavy atom. The number of rotatable bonds is 2. The van der Waals surface area contributed by atoms with Gasteiger partial charge in [0.2, 0.25) is 0 Å². The molecule has 0 aromatic heterocycles. The number of hydrogen-bond acceptors (Lipinski definition) is 5. The second-order valence-corrected chi connectivity index (χ2v) is 7.89. The maximum absolute atomic E-state index is 11.1. The van der Waals surface area contributed by atoms with Crippen LogP contribution in [0.2, 0.25) is 0 Å². The molecule has 2 fully saturated rings. The summed E-state index contributed by atoms with van der Waals surface area (Å²) in [6, 6.07) is 5.32. The Bertz CT molecular complexity index is 677. The van der Waals surface area contributed by atoms with Crippen LogP contribution in [0.5, 0.6) is 5.75 Å². The van der Waals surface area contributed by atoms with E-state index in [4.69, 9.17) is 4.84 Å². The fraction of sp³-hybridized carbons (Fsp3) is 0.667. The van der Waals surface area contributed by atoms with Crippen LogP contribution in [0.25, 0.3) is 0 Å². The van der Waals surface area contributed by atoms with Crippen LogP contribution < -0.4 is 0 Å². The van der Waals surface area contributed by atoms with Crippen LogP contribution in [0, 0.1) is 27.4 Å². The summed E-state index contributed by atoms with van der Waals surface area (Å²) in [5.41, 5.74) is 1.82. The second-order valence-electron chi connectivity index (χ2n) is 7.89. The number of nitrogens with zero attached hydrogens (tertiary/aromatic N) is 1. The smallest absolute Gasteiger partial charge is 0.294 e. The molecule has 0 radical (unpaired) electrons. The minimum absolute atomic E-state index is 0.0388. The highest BCUT2D eigenvalue weighted by atomic mass is 17.0. The van der Waals surface area contributed by atoms with Gasteiger partial charge in [-0.15, -0.1) is 10.1 Å². The zero-order chi connectivity index (χ0) is 17.1. The number of phenolic OH excluding ortho intramolecular Hbond substituents is 1. The van der Waals surface area contributed by atoms with Crippen LogP contribution >= 0.6 is 0 Å². The lowest BCUT2D eigenvalue weighted by molar-refractivity contribution is -0.771. The quantitative estimate of drug-likeness (QED) is 0.641. The molecule has 0 amide bonds. The molecule has 4 rings (SSSR count). The molecule has 2 N–H and O–H groups in total. The maximum Gasteiger partial charge on any atom is 0.294 e. The average molecular weight is 333 g/mol. The summed E-state index contributed by atoms with van der Waals surface area (Å²) < 4.78 is 0. The highest BCUT2D eigenvalue weighted by Gasteiger charge is 2.58. The van der Waals surface area contributed by atoms with E-state index in [1.165, 1.54) is 0 Å². The predicted molar refractivity (Wildman–Crippen MR) is 86.0 cm³/mol. The van der Waals surface area contributed by atoms with E-state index in [0.717, 1.165) is 36.8 Å². The summed E-state index contributed by atoms with van der Waals surface area (Å²) >= 11 is 0. The van der Waals surface area contributed by atoms with Gasteiger partial charge in [0.05, 0.1) is 6.10 Å². The van der Waals surface area contributed by atoms with Crippen LogP contribution in [-0.4, -0.2) is 27.5 Å². The lowest BCUT2D eigenvalue weighted by Crippen LogP contribution is -2.51. The lowest BCUT2D eigenvalue weighted by Gasteiger charge is -2.52. The first-order valence-corrected chi connectivity index (χ1v) is 8.71. The molecule has 0 saturated heterocycles. The van der Waals surface area contributed by atoms with Crippen LogP contribution in [0.1, 0.15) is 49.7 Å². The Hall–Kier alpha value is -1.82. The van der Waals surface area contributed by atoms with E-state index in [-0.39, 0.29) is 23.0 Å². The topological polar surface area (TPSA) is 92.8 Å². The Morgan fingerprint density at radius 1 is 1.33 bits per heavy atom. The minimum atomic E-state index is -0.693. The third-order valence-corrected chi connectivity index (χ3v) is 6.83. The Balaban J connectivity index is 1.78. The second kappa shape index (κ2) is 5.34. The van der Waals surface area contributed by atoms with Crippen LogP contribution in [0.3, 0.4) is 0 Å². The Morgan fingerprint density at radius 2 is 2.12 bits per heavy atom. The van der Waals surface area contributed by atoms with Crippen LogP contribution in [-0.2, 0) is 11.3 Å². The molecule has 24 heavy (non-hydrogen) atoms. The molecule has 0 aliphatic heterocycles. The van der Waals surface area contributed by atoms with E-state index in [1.807, 2.05) is 6.07 Å². The molecule has 3 aliphatic carbocycles. The monoisotopic (exact) mass is 333 g/mol. The van der Waals surface area contributed by atoms with Gasteiger partial charge in [0.15, 0.2) is 0 Å². The lowest BCUT2D eigenvalue weighted by atomic mass is 9.54. The molecular formula is C18H23NO5. The van der Waals surface area contributed by atoms with Gasteiger partial charge in [0, 0.05) is 5.92 Å². The minimum Gasteiger partial charge on any atom is -0.508 e. The van der Waals surface area contributed by atoms with Crippen molar-refractivity contribution in [3.05, 3.63) is 39.4 Å². The first kappa shape index (κ1) is 15.7. The molecule has 2 saturated carbocycles. The number of aliphatic hydroxyl groups excluding tert-OH is 1. The molecule has 0 heterocycles. The number of aromatic hydroxyl groups is 1. The van der Waals surface area contributed by atoms with Crippen LogP contribution in [0.15, 0.2) is 18.2 Å². The van der Waals surface area contributed by atoms with Crippen molar-refractivity contribution in [1.29, 1.82) is 0 Å². The van der Waals surface area contributed by atoms with Gasteiger partial charge in [-0.25, -0.2) is 0 Å². The third-order valence-electron chi connectivity index (χ3n) is 6.83. The average Bonchev–Trinajstić information content (AvgIpc) is 2.81. The predicted octanol–water partition coefficient (Wildman–Crippen LogP) is 2.80. The van der Waals surface area contributed by atoms with Crippen molar-refractivity contribution in [2.45, 2.75) is 57.2 Å². The maximum atomic E-state index is 11.1. The SMILES string of the molecule is C[C@]12C[C@H](O[N+](=O)[O-])[C@@H]3c4ccc(O)cc4CC[C@H]3[C@@H]1CC[C@@H]2O. The summed E-state index contributed by atoms with van der Waals surface area (Å²) in [5, 5.41) is 30.6. The van der Waals surface area contributed by atoms with Gasteiger partial charge in [-0.3, -0.25) is 0 Å². The van der Waals surface area contributed by atoms with Gasteiger partial charge in [0.1, 0.15) is 11.9 Å². The molecule has 1 aromatic carbocycles. The number of aryl methyl sites for hydroxylation is 1. The van der Waals surface area contributed by atoms with Crippen molar-refractivity contribution < 1.29 is 20.1 Å². The number of fused-ring (bicyclic) bond motifs is 5. The summed E-state index contributed by atoms with van der Waals surface area (Å²) in [4.78, 5) is 16.2. The third kappa shape index (κ3) is 2.19.